The highest BCUT2D eigenvalue weighted by molar-refractivity contribution is 5.69. The van der Waals surface area contributed by atoms with E-state index in [4.69, 9.17) is 4.74 Å². The minimum atomic E-state index is -1.10. The van der Waals surface area contributed by atoms with Crippen LogP contribution in [0.1, 0.15) is 42.4 Å². The van der Waals surface area contributed by atoms with E-state index in [9.17, 15) is 14.3 Å². The summed E-state index contributed by atoms with van der Waals surface area (Å²) >= 11 is 0. The molecule has 2 aliphatic heterocycles. The quantitative estimate of drug-likeness (QED) is 0.878. The van der Waals surface area contributed by atoms with Gasteiger partial charge in [-0.05, 0) is 48.6 Å². The first-order chi connectivity index (χ1) is 13.0. The van der Waals surface area contributed by atoms with Gasteiger partial charge in [-0.2, -0.15) is 0 Å². The molecule has 0 spiro atoms. The number of hydrogen-bond donors (Lipinski definition) is 1. The van der Waals surface area contributed by atoms with Crippen LogP contribution in [0, 0.1) is 12.7 Å². The van der Waals surface area contributed by atoms with Gasteiger partial charge in [-0.1, -0.05) is 36.4 Å². The molecular formula is C22H24FNO3. The lowest BCUT2D eigenvalue weighted by Crippen LogP contribution is -2.52. The number of halogens is 1. The average Bonchev–Trinajstić information content (AvgIpc) is 2.95. The van der Waals surface area contributed by atoms with Gasteiger partial charge in [0.1, 0.15) is 12.4 Å². The van der Waals surface area contributed by atoms with E-state index < -0.39 is 5.60 Å². The topological polar surface area (TPSA) is 49.8 Å². The Morgan fingerprint density at radius 1 is 1.19 bits per heavy atom. The summed E-state index contributed by atoms with van der Waals surface area (Å²) in [6.45, 7) is 2.12. The van der Waals surface area contributed by atoms with Crippen molar-refractivity contribution in [2.45, 2.75) is 56.9 Å². The Kier molecular flexibility index (Phi) is 4.64. The molecule has 0 saturated carbocycles. The summed E-state index contributed by atoms with van der Waals surface area (Å²) in [4.78, 5) is 14.4. The van der Waals surface area contributed by atoms with Crippen LogP contribution in [0.3, 0.4) is 0 Å². The lowest BCUT2D eigenvalue weighted by Gasteiger charge is -2.43. The van der Waals surface area contributed by atoms with E-state index in [0.29, 0.717) is 18.4 Å². The van der Waals surface area contributed by atoms with Crippen LogP contribution in [0.15, 0.2) is 48.5 Å². The Hall–Kier alpha value is -2.40. The molecule has 5 heteroatoms. The van der Waals surface area contributed by atoms with Crippen molar-refractivity contribution < 1.29 is 19.0 Å². The van der Waals surface area contributed by atoms with Crippen molar-refractivity contribution >= 4 is 6.09 Å². The van der Waals surface area contributed by atoms with Gasteiger partial charge in [0.2, 0.25) is 0 Å². The zero-order valence-corrected chi connectivity index (χ0v) is 15.4. The number of piperidine rings is 1. The minimum Gasteiger partial charge on any atom is -0.445 e. The maximum absolute atomic E-state index is 13.8. The third-order valence-electron chi connectivity index (χ3n) is 5.88. The van der Waals surface area contributed by atoms with Crippen molar-refractivity contribution in [1.29, 1.82) is 0 Å². The van der Waals surface area contributed by atoms with Crippen LogP contribution in [0.25, 0.3) is 0 Å². The number of rotatable bonds is 3. The first-order valence-corrected chi connectivity index (χ1v) is 9.44. The van der Waals surface area contributed by atoms with Crippen molar-refractivity contribution in [2.24, 2.45) is 0 Å². The number of amides is 1. The van der Waals surface area contributed by atoms with Gasteiger partial charge in [0, 0.05) is 24.9 Å². The monoisotopic (exact) mass is 369 g/mol. The largest absolute Gasteiger partial charge is 0.445 e. The second kappa shape index (κ2) is 6.97. The highest BCUT2D eigenvalue weighted by Gasteiger charge is 2.51. The summed E-state index contributed by atoms with van der Waals surface area (Å²) in [5.74, 6) is -0.346. The van der Waals surface area contributed by atoms with Crippen LogP contribution >= 0.6 is 0 Å². The molecule has 0 aromatic heterocycles. The standard InChI is InChI=1S/C22H24FNO3/c1-15-7-8-17(23)11-20(15)22(26)12-18-9-10-19(13-22)24(18)21(25)27-14-16-5-3-2-4-6-16/h2-8,11,18-19,26H,9-10,12-14H2,1H3. The average molecular weight is 369 g/mol. The molecule has 2 aromatic rings. The summed E-state index contributed by atoms with van der Waals surface area (Å²) < 4.78 is 19.3. The molecule has 2 unspecified atom stereocenters. The zero-order chi connectivity index (χ0) is 19.0. The number of hydrogen-bond acceptors (Lipinski definition) is 3. The third-order valence-corrected chi connectivity index (χ3v) is 5.88. The maximum atomic E-state index is 13.8. The molecule has 2 atom stereocenters. The molecule has 2 heterocycles. The Balaban J connectivity index is 1.48. The van der Waals surface area contributed by atoms with Crippen molar-refractivity contribution in [1.82, 2.24) is 4.90 Å². The summed E-state index contributed by atoms with van der Waals surface area (Å²) in [6.07, 6.45) is 2.16. The Bertz CT molecular complexity index is 825. The molecule has 27 heavy (non-hydrogen) atoms. The van der Waals surface area contributed by atoms with Crippen molar-refractivity contribution in [2.75, 3.05) is 0 Å². The van der Waals surface area contributed by atoms with Gasteiger partial charge in [0.15, 0.2) is 0 Å². The van der Waals surface area contributed by atoms with E-state index in [0.717, 1.165) is 24.0 Å². The first kappa shape index (κ1) is 18.0. The fraction of sp³-hybridized carbons (Fsp3) is 0.409. The van der Waals surface area contributed by atoms with E-state index in [2.05, 4.69) is 0 Å². The second-order valence-corrected chi connectivity index (χ2v) is 7.73. The lowest BCUT2D eigenvalue weighted by atomic mass is 9.79. The van der Waals surface area contributed by atoms with Crippen molar-refractivity contribution in [3.05, 3.63) is 71.0 Å². The number of nitrogens with zero attached hydrogens (tertiary/aromatic N) is 1. The Labute approximate surface area is 158 Å². The predicted octanol–water partition coefficient (Wildman–Crippen LogP) is 4.29. The fourth-order valence-corrected chi connectivity index (χ4v) is 4.63. The summed E-state index contributed by atoms with van der Waals surface area (Å²) in [6, 6.07) is 14.0. The van der Waals surface area contributed by atoms with Gasteiger partial charge in [-0.3, -0.25) is 0 Å². The zero-order valence-electron chi connectivity index (χ0n) is 15.4. The molecule has 0 radical (unpaired) electrons. The predicted molar refractivity (Wildman–Crippen MR) is 99.5 cm³/mol. The molecule has 2 saturated heterocycles. The minimum absolute atomic E-state index is 0.0836. The molecule has 2 bridgehead atoms. The van der Waals surface area contributed by atoms with E-state index in [-0.39, 0.29) is 30.6 Å². The molecule has 2 fully saturated rings. The van der Waals surface area contributed by atoms with Crippen molar-refractivity contribution in [3.63, 3.8) is 0 Å². The van der Waals surface area contributed by atoms with Gasteiger partial charge < -0.3 is 14.7 Å². The van der Waals surface area contributed by atoms with E-state index in [1.807, 2.05) is 37.3 Å². The number of fused-ring (bicyclic) bond motifs is 2. The van der Waals surface area contributed by atoms with Gasteiger partial charge in [0.05, 0.1) is 5.60 Å². The highest BCUT2D eigenvalue weighted by atomic mass is 19.1. The fourth-order valence-electron chi connectivity index (χ4n) is 4.63. The van der Waals surface area contributed by atoms with E-state index in [1.54, 1.807) is 11.0 Å². The van der Waals surface area contributed by atoms with E-state index >= 15 is 0 Å². The van der Waals surface area contributed by atoms with Crippen LogP contribution in [-0.4, -0.2) is 28.2 Å². The molecule has 142 valence electrons. The number of carbonyl (C=O) groups is 1. The third kappa shape index (κ3) is 3.44. The van der Waals surface area contributed by atoms with Gasteiger partial charge in [-0.15, -0.1) is 0 Å². The molecule has 1 amide bonds. The number of ether oxygens (including phenoxy) is 1. The molecule has 4 nitrogen and oxygen atoms in total. The van der Waals surface area contributed by atoms with Crippen LogP contribution in [0.2, 0.25) is 0 Å². The summed E-state index contributed by atoms with van der Waals surface area (Å²) in [5, 5.41) is 11.3. The molecule has 2 aliphatic rings. The van der Waals surface area contributed by atoms with Crippen LogP contribution in [-0.2, 0) is 16.9 Å². The lowest BCUT2D eigenvalue weighted by molar-refractivity contribution is -0.0542. The second-order valence-electron chi connectivity index (χ2n) is 7.73. The summed E-state index contributed by atoms with van der Waals surface area (Å²) in [5.41, 5.74) is 1.35. The SMILES string of the molecule is Cc1ccc(F)cc1C1(O)CC2CCC(C1)N2C(=O)OCc1ccccc1. The van der Waals surface area contributed by atoms with Crippen molar-refractivity contribution in [3.8, 4) is 0 Å². The normalized spacial score (nSPS) is 26.9. The van der Waals surface area contributed by atoms with Crippen LogP contribution < -0.4 is 0 Å². The molecule has 2 aromatic carbocycles. The number of aryl methyl sites for hydroxylation is 1. The van der Waals surface area contributed by atoms with Gasteiger partial charge >= 0.3 is 6.09 Å². The highest BCUT2D eigenvalue weighted by Crippen LogP contribution is 2.46. The van der Waals surface area contributed by atoms with Crippen LogP contribution in [0.4, 0.5) is 9.18 Å². The van der Waals surface area contributed by atoms with Crippen LogP contribution in [0.5, 0.6) is 0 Å². The van der Waals surface area contributed by atoms with Gasteiger partial charge in [0.25, 0.3) is 0 Å². The smallest absolute Gasteiger partial charge is 0.410 e. The summed E-state index contributed by atoms with van der Waals surface area (Å²) in [7, 11) is 0. The Morgan fingerprint density at radius 3 is 2.52 bits per heavy atom. The molecule has 4 rings (SSSR count). The molecular weight excluding hydrogens is 345 g/mol. The Morgan fingerprint density at radius 2 is 1.85 bits per heavy atom. The number of carbonyl (C=O) groups excluding carboxylic acids is 1. The molecule has 0 aliphatic carbocycles. The molecule has 1 N–H and O–H groups in total. The number of aliphatic hydroxyl groups is 1. The van der Waals surface area contributed by atoms with Gasteiger partial charge in [-0.25, -0.2) is 9.18 Å². The van der Waals surface area contributed by atoms with E-state index in [1.165, 1.54) is 12.1 Å². The maximum Gasteiger partial charge on any atom is 0.410 e. The number of benzene rings is 2. The first-order valence-electron chi connectivity index (χ1n) is 9.44.